The Hall–Kier alpha value is -2.60. The Labute approximate surface area is 166 Å². The van der Waals surface area contributed by atoms with Gasteiger partial charge in [0, 0.05) is 50.6 Å². The average Bonchev–Trinajstić information content (AvgIpc) is 3.23. The van der Waals surface area contributed by atoms with Gasteiger partial charge in [-0.05, 0) is 37.1 Å². The van der Waals surface area contributed by atoms with E-state index >= 15 is 0 Å². The SMILES string of the molecule is Cc1cccc(N2CCN(C(=O)c3ccc(OC4CCOC4)nc3)CC2)c1C. The van der Waals surface area contributed by atoms with E-state index in [9.17, 15) is 4.79 Å². The Balaban J connectivity index is 1.35. The first-order chi connectivity index (χ1) is 13.6. The molecule has 2 fully saturated rings. The highest BCUT2D eigenvalue weighted by Crippen LogP contribution is 2.24. The van der Waals surface area contributed by atoms with E-state index in [1.165, 1.54) is 16.8 Å². The second kappa shape index (κ2) is 8.19. The van der Waals surface area contributed by atoms with Crippen molar-refractivity contribution in [3.05, 3.63) is 53.2 Å². The predicted molar refractivity (Wildman–Crippen MR) is 108 cm³/mol. The van der Waals surface area contributed by atoms with E-state index in [0.29, 0.717) is 31.1 Å². The van der Waals surface area contributed by atoms with Crippen LogP contribution < -0.4 is 9.64 Å². The first-order valence-corrected chi connectivity index (χ1v) is 9.93. The molecule has 1 atom stereocenters. The minimum absolute atomic E-state index is 0.0314. The molecule has 0 N–H and O–H groups in total. The third kappa shape index (κ3) is 3.97. The van der Waals surface area contributed by atoms with Crippen LogP contribution in [0.4, 0.5) is 5.69 Å². The lowest BCUT2D eigenvalue weighted by molar-refractivity contribution is 0.0746. The van der Waals surface area contributed by atoms with Crippen molar-refractivity contribution in [1.29, 1.82) is 0 Å². The molecule has 0 radical (unpaired) electrons. The van der Waals surface area contributed by atoms with Gasteiger partial charge in [-0.3, -0.25) is 4.79 Å². The van der Waals surface area contributed by atoms with Crippen molar-refractivity contribution in [3.8, 4) is 5.88 Å². The van der Waals surface area contributed by atoms with Crippen molar-refractivity contribution in [2.75, 3.05) is 44.3 Å². The summed E-state index contributed by atoms with van der Waals surface area (Å²) in [5, 5.41) is 0. The van der Waals surface area contributed by atoms with Crippen molar-refractivity contribution >= 4 is 11.6 Å². The van der Waals surface area contributed by atoms with Gasteiger partial charge in [0.2, 0.25) is 5.88 Å². The van der Waals surface area contributed by atoms with E-state index in [2.05, 4.69) is 41.9 Å². The molecule has 1 aromatic carbocycles. The number of anilines is 1. The van der Waals surface area contributed by atoms with Crippen LogP contribution in [-0.4, -0.2) is 61.3 Å². The second-order valence-electron chi connectivity index (χ2n) is 7.49. The van der Waals surface area contributed by atoms with E-state index in [1.807, 2.05) is 4.90 Å². The number of aryl methyl sites for hydroxylation is 1. The first kappa shape index (κ1) is 18.7. The van der Waals surface area contributed by atoms with E-state index < -0.39 is 0 Å². The first-order valence-electron chi connectivity index (χ1n) is 9.93. The molecule has 148 valence electrons. The van der Waals surface area contributed by atoms with Crippen molar-refractivity contribution in [2.24, 2.45) is 0 Å². The van der Waals surface area contributed by atoms with Crippen LogP contribution in [0.5, 0.6) is 5.88 Å². The average molecular weight is 381 g/mol. The number of carbonyl (C=O) groups excluding carboxylic acids is 1. The van der Waals surface area contributed by atoms with Crippen LogP contribution in [0.3, 0.4) is 0 Å². The maximum atomic E-state index is 12.8. The summed E-state index contributed by atoms with van der Waals surface area (Å²) in [5.74, 6) is 0.579. The largest absolute Gasteiger partial charge is 0.472 e. The molecule has 0 spiro atoms. The number of piperazine rings is 1. The fourth-order valence-corrected chi connectivity index (χ4v) is 3.76. The smallest absolute Gasteiger partial charge is 0.255 e. The molecule has 0 aliphatic carbocycles. The molecule has 6 heteroatoms. The number of hydrogen-bond donors (Lipinski definition) is 0. The number of pyridine rings is 1. The van der Waals surface area contributed by atoms with Crippen LogP contribution >= 0.6 is 0 Å². The Morgan fingerprint density at radius 1 is 1.14 bits per heavy atom. The monoisotopic (exact) mass is 381 g/mol. The highest BCUT2D eigenvalue weighted by atomic mass is 16.5. The number of amides is 1. The maximum Gasteiger partial charge on any atom is 0.255 e. The van der Waals surface area contributed by atoms with E-state index in [-0.39, 0.29) is 12.0 Å². The van der Waals surface area contributed by atoms with Gasteiger partial charge in [-0.25, -0.2) is 4.98 Å². The summed E-state index contributed by atoms with van der Waals surface area (Å²) in [6.07, 6.45) is 2.56. The van der Waals surface area contributed by atoms with Gasteiger partial charge in [0.15, 0.2) is 0 Å². The number of hydrogen-bond acceptors (Lipinski definition) is 5. The number of aromatic nitrogens is 1. The molecule has 2 aliphatic rings. The molecule has 28 heavy (non-hydrogen) atoms. The summed E-state index contributed by atoms with van der Waals surface area (Å²) in [7, 11) is 0. The topological polar surface area (TPSA) is 54.9 Å². The zero-order valence-corrected chi connectivity index (χ0v) is 16.6. The molecule has 2 saturated heterocycles. The predicted octanol–water partition coefficient (Wildman–Crippen LogP) is 2.83. The number of ether oxygens (including phenoxy) is 2. The maximum absolute atomic E-state index is 12.8. The lowest BCUT2D eigenvalue weighted by Gasteiger charge is -2.37. The molecule has 1 amide bonds. The number of benzene rings is 1. The Morgan fingerprint density at radius 3 is 2.64 bits per heavy atom. The molecule has 6 nitrogen and oxygen atoms in total. The Morgan fingerprint density at radius 2 is 1.96 bits per heavy atom. The molecular formula is C22H27N3O3. The summed E-state index contributed by atoms with van der Waals surface area (Å²) in [6, 6.07) is 9.98. The Kier molecular flexibility index (Phi) is 5.48. The Bertz CT molecular complexity index is 823. The second-order valence-corrected chi connectivity index (χ2v) is 7.49. The van der Waals surface area contributed by atoms with Gasteiger partial charge in [-0.2, -0.15) is 0 Å². The zero-order chi connectivity index (χ0) is 19.5. The van der Waals surface area contributed by atoms with E-state index in [4.69, 9.17) is 9.47 Å². The van der Waals surface area contributed by atoms with Gasteiger partial charge in [0.1, 0.15) is 6.10 Å². The van der Waals surface area contributed by atoms with E-state index in [1.54, 1.807) is 18.3 Å². The standard InChI is InChI=1S/C22H27N3O3/c1-16-4-3-5-20(17(16)2)24-9-11-25(12-10-24)22(26)18-6-7-21(23-14-18)28-19-8-13-27-15-19/h3-7,14,19H,8-13,15H2,1-2H3. The highest BCUT2D eigenvalue weighted by molar-refractivity contribution is 5.94. The number of rotatable bonds is 4. The quantitative estimate of drug-likeness (QED) is 0.815. The normalized spacial score (nSPS) is 19.7. The van der Waals surface area contributed by atoms with Crippen LogP contribution in [-0.2, 0) is 4.74 Å². The lowest BCUT2D eigenvalue weighted by atomic mass is 10.1. The summed E-state index contributed by atoms with van der Waals surface area (Å²) in [6.45, 7) is 8.74. The van der Waals surface area contributed by atoms with Crippen molar-refractivity contribution in [3.63, 3.8) is 0 Å². The fourth-order valence-electron chi connectivity index (χ4n) is 3.76. The highest BCUT2D eigenvalue weighted by Gasteiger charge is 2.24. The molecule has 1 aromatic heterocycles. The third-order valence-electron chi connectivity index (χ3n) is 5.64. The molecule has 2 aromatic rings. The molecule has 2 aliphatic heterocycles. The van der Waals surface area contributed by atoms with Crippen molar-refractivity contribution in [1.82, 2.24) is 9.88 Å². The molecule has 0 saturated carbocycles. The fraction of sp³-hybridized carbons (Fsp3) is 0.455. The summed E-state index contributed by atoms with van der Waals surface area (Å²) >= 11 is 0. The van der Waals surface area contributed by atoms with Gasteiger partial charge in [0.05, 0.1) is 18.8 Å². The van der Waals surface area contributed by atoms with Crippen LogP contribution in [0.25, 0.3) is 0 Å². The van der Waals surface area contributed by atoms with E-state index in [0.717, 1.165) is 26.1 Å². The van der Waals surface area contributed by atoms with Crippen LogP contribution in [0, 0.1) is 13.8 Å². The molecule has 0 bridgehead atoms. The van der Waals surface area contributed by atoms with Gasteiger partial charge >= 0.3 is 0 Å². The summed E-state index contributed by atoms with van der Waals surface area (Å²) in [4.78, 5) is 21.4. The molecular weight excluding hydrogens is 354 g/mol. The summed E-state index contributed by atoms with van der Waals surface area (Å²) < 4.78 is 11.1. The van der Waals surface area contributed by atoms with Crippen LogP contribution in [0.2, 0.25) is 0 Å². The number of carbonyl (C=O) groups is 1. The minimum Gasteiger partial charge on any atom is -0.472 e. The minimum atomic E-state index is 0.0314. The number of nitrogens with zero attached hydrogens (tertiary/aromatic N) is 3. The third-order valence-corrected chi connectivity index (χ3v) is 5.64. The van der Waals surface area contributed by atoms with Crippen molar-refractivity contribution in [2.45, 2.75) is 26.4 Å². The summed E-state index contributed by atoms with van der Waals surface area (Å²) in [5.41, 5.74) is 4.49. The van der Waals surface area contributed by atoms with Gasteiger partial charge in [0.25, 0.3) is 5.91 Å². The molecule has 3 heterocycles. The zero-order valence-electron chi connectivity index (χ0n) is 16.6. The molecule has 1 unspecified atom stereocenters. The van der Waals surface area contributed by atoms with Gasteiger partial charge < -0.3 is 19.3 Å². The molecule has 4 rings (SSSR count). The van der Waals surface area contributed by atoms with Crippen molar-refractivity contribution < 1.29 is 14.3 Å². The van der Waals surface area contributed by atoms with Gasteiger partial charge in [-0.15, -0.1) is 0 Å². The van der Waals surface area contributed by atoms with Crippen LogP contribution in [0.15, 0.2) is 36.5 Å². The van der Waals surface area contributed by atoms with Crippen LogP contribution in [0.1, 0.15) is 27.9 Å². The van der Waals surface area contributed by atoms with Gasteiger partial charge in [-0.1, -0.05) is 12.1 Å². The lowest BCUT2D eigenvalue weighted by Crippen LogP contribution is -2.49.